The summed E-state index contributed by atoms with van der Waals surface area (Å²) in [6.45, 7) is 0. The van der Waals surface area contributed by atoms with Gasteiger partial charge in [0.25, 0.3) is 5.91 Å². The van der Waals surface area contributed by atoms with Crippen LogP contribution in [0.5, 0.6) is 0 Å². The van der Waals surface area contributed by atoms with Crippen LogP contribution in [0.2, 0.25) is 0 Å². The van der Waals surface area contributed by atoms with E-state index in [2.05, 4.69) is 0 Å². The molecule has 0 aliphatic rings. The van der Waals surface area contributed by atoms with Gasteiger partial charge >= 0.3 is 0 Å². The van der Waals surface area contributed by atoms with E-state index in [9.17, 15) is 9.18 Å². The minimum Gasteiger partial charge on any atom is -0.365 e. The third-order valence-electron chi connectivity index (χ3n) is 1.46. The molecule has 1 aromatic carbocycles. The molecule has 1 rings (SSSR count). The first kappa shape index (κ1) is 9.92. The molecule has 13 heavy (non-hydrogen) atoms. The molecular formula is C8H4FIN2O. The van der Waals surface area contributed by atoms with Crippen LogP contribution >= 0.6 is 22.6 Å². The molecule has 0 aliphatic carbocycles. The number of nitrogens with two attached hydrogens (primary N) is 1. The average molecular weight is 290 g/mol. The van der Waals surface area contributed by atoms with Crippen LogP contribution in [0.15, 0.2) is 12.1 Å². The van der Waals surface area contributed by atoms with Gasteiger partial charge in [0.15, 0.2) is 5.82 Å². The standard InChI is InChI=1S/C8H4FIN2O/c9-7-5(10)2-1-4(3-11)6(7)8(12)13/h1-2H,(H2,12,13). The highest BCUT2D eigenvalue weighted by Gasteiger charge is 2.16. The molecule has 3 nitrogen and oxygen atoms in total. The van der Waals surface area contributed by atoms with Gasteiger partial charge in [-0.3, -0.25) is 4.79 Å². The Morgan fingerprint density at radius 1 is 1.62 bits per heavy atom. The van der Waals surface area contributed by atoms with Crippen molar-refractivity contribution in [1.29, 1.82) is 5.26 Å². The van der Waals surface area contributed by atoms with E-state index in [1.807, 2.05) is 0 Å². The van der Waals surface area contributed by atoms with Crippen molar-refractivity contribution >= 4 is 28.5 Å². The maximum absolute atomic E-state index is 13.2. The predicted molar refractivity (Wildman–Crippen MR) is 52.3 cm³/mol. The highest BCUT2D eigenvalue weighted by atomic mass is 127. The summed E-state index contributed by atoms with van der Waals surface area (Å²) in [6.07, 6.45) is 0. The van der Waals surface area contributed by atoms with Crippen LogP contribution in [-0.2, 0) is 0 Å². The van der Waals surface area contributed by atoms with Crippen LogP contribution in [0, 0.1) is 20.7 Å². The molecule has 0 bridgehead atoms. The molecule has 1 amide bonds. The Morgan fingerprint density at radius 2 is 2.23 bits per heavy atom. The highest BCUT2D eigenvalue weighted by Crippen LogP contribution is 2.18. The third-order valence-corrected chi connectivity index (χ3v) is 2.29. The fraction of sp³-hybridized carbons (Fsp3) is 0. The molecule has 1 aromatic rings. The van der Waals surface area contributed by atoms with Crippen molar-refractivity contribution in [1.82, 2.24) is 0 Å². The third kappa shape index (κ3) is 1.78. The SMILES string of the molecule is N#Cc1ccc(I)c(F)c1C(N)=O. The maximum Gasteiger partial charge on any atom is 0.253 e. The van der Waals surface area contributed by atoms with Crippen molar-refractivity contribution in [3.05, 3.63) is 32.6 Å². The summed E-state index contributed by atoms with van der Waals surface area (Å²) in [4.78, 5) is 10.8. The number of rotatable bonds is 1. The van der Waals surface area contributed by atoms with Crippen LogP contribution < -0.4 is 5.73 Å². The minimum atomic E-state index is -0.924. The van der Waals surface area contributed by atoms with E-state index in [0.29, 0.717) is 0 Å². The Balaban J connectivity index is 3.53. The van der Waals surface area contributed by atoms with Crippen molar-refractivity contribution in [3.8, 4) is 6.07 Å². The van der Waals surface area contributed by atoms with E-state index in [1.54, 1.807) is 28.7 Å². The van der Waals surface area contributed by atoms with Crippen molar-refractivity contribution < 1.29 is 9.18 Å². The molecule has 66 valence electrons. The first-order valence-electron chi connectivity index (χ1n) is 3.26. The average Bonchev–Trinajstić information content (AvgIpc) is 2.08. The van der Waals surface area contributed by atoms with Crippen molar-refractivity contribution in [2.24, 2.45) is 5.73 Å². The van der Waals surface area contributed by atoms with Gasteiger partial charge in [-0.05, 0) is 34.7 Å². The van der Waals surface area contributed by atoms with Crippen molar-refractivity contribution in [2.75, 3.05) is 0 Å². The Hall–Kier alpha value is -1.16. The summed E-state index contributed by atoms with van der Waals surface area (Å²) < 4.78 is 13.5. The van der Waals surface area contributed by atoms with Gasteiger partial charge in [0.1, 0.15) is 6.07 Å². The lowest BCUT2D eigenvalue weighted by atomic mass is 10.1. The molecule has 0 aliphatic heterocycles. The molecular weight excluding hydrogens is 286 g/mol. The fourth-order valence-electron chi connectivity index (χ4n) is 0.885. The van der Waals surface area contributed by atoms with Gasteiger partial charge in [0, 0.05) is 3.57 Å². The van der Waals surface area contributed by atoms with Crippen LogP contribution in [0.1, 0.15) is 15.9 Å². The molecule has 0 unspecified atom stereocenters. The predicted octanol–water partition coefficient (Wildman–Crippen LogP) is 1.40. The Bertz CT molecular complexity index is 411. The second kappa shape index (κ2) is 3.70. The molecule has 0 saturated heterocycles. The van der Waals surface area contributed by atoms with Crippen molar-refractivity contribution in [3.63, 3.8) is 0 Å². The second-order valence-electron chi connectivity index (χ2n) is 2.26. The van der Waals surface area contributed by atoms with E-state index >= 15 is 0 Å². The number of amides is 1. The van der Waals surface area contributed by atoms with Gasteiger partial charge in [0.2, 0.25) is 0 Å². The fourth-order valence-corrected chi connectivity index (χ4v) is 1.33. The molecule has 0 fully saturated rings. The maximum atomic E-state index is 13.2. The number of benzene rings is 1. The zero-order chi connectivity index (χ0) is 10.0. The zero-order valence-electron chi connectivity index (χ0n) is 6.34. The number of primary amides is 1. The monoisotopic (exact) mass is 290 g/mol. The quantitative estimate of drug-likeness (QED) is 0.794. The topological polar surface area (TPSA) is 66.9 Å². The van der Waals surface area contributed by atoms with Crippen LogP contribution in [-0.4, -0.2) is 5.91 Å². The summed E-state index contributed by atoms with van der Waals surface area (Å²) in [5, 5.41) is 8.56. The molecule has 0 spiro atoms. The smallest absolute Gasteiger partial charge is 0.253 e. The number of halogens is 2. The lowest BCUT2D eigenvalue weighted by Crippen LogP contribution is -2.16. The van der Waals surface area contributed by atoms with E-state index in [0.717, 1.165) is 0 Å². The minimum absolute atomic E-state index is 0.0367. The lowest BCUT2D eigenvalue weighted by Gasteiger charge is -2.01. The Labute approximate surface area is 87.5 Å². The molecule has 0 aromatic heterocycles. The summed E-state index contributed by atoms with van der Waals surface area (Å²) in [5.41, 5.74) is 4.55. The molecule has 5 heteroatoms. The van der Waals surface area contributed by atoms with Crippen LogP contribution in [0.4, 0.5) is 4.39 Å². The highest BCUT2D eigenvalue weighted by molar-refractivity contribution is 14.1. The Morgan fingerprint density at radius 3 is 2.69 bits per heavy atom. The van der Waals surface area contributed by atoms with Gasteiger partial charge in [-0.25, -0.2) is 4.39 Å². The number of nitriles is 1. The summed E-state index contributed by atoms with van der Waals surface area (Å²) in [5.74, 6) is -1.65. The number of hydrogen-bond donors (Lipinski definition) is 1. The zero-order valence-corrected chi connectivity index (χ0v) is 8.50. The molecule has 0 heterocycles. The van der Waals surface area contributed by atoms with E-state index in [-0.39, 0.29) is 14.7 Å². The van der Waals surface area contributed by atoms with Gasteiger partial charge in [-0.15, -0.1) is 0 Å². The van der Waals surface area contributed by atoms with E-state index in [4.69, 9.17) is 11.0 Å². The Kier molecular flexibility index (Phi) is 2.83. The molecule has 0 atom stereocenters. The molecule has 0 radical (unpaired) electrons. The summed E-state index contributed by atoms with van der Waals surface area (Å²) >= 11 is 1.72. The first-order valence-corrected chi connectivity index (χ1v) is 4.33. The van der Waals surface area contributed by atoms with Crippen molar-refractivity contribution in [2.45, 2.75) is 0 Å². The van der Waals surface area contributed by atoms with Gasteiger partial charge in [0.05, 0.1) is 11.1 Å². The van der Waals surface area contributed by atoms with Gasteiger partial charge in [-0.2, -0.15) is 5.26 Å². The number of hydrogen-bond acceptors (Lipinski definition) is 2. The van der Waals surface area contributed by atoms with E-state index < -0.39 is 11.7 Å². The number of nitrogens with zero attached hydrogens (tertiary/aromatic N) is 1. The van der Waals surface area contributed by atoms with Crippen LogP contribution in [0.3, 0.4) is 0 Å². The lowest BCUT2D eigenvalue weighted by molar-refractivity contribution is 0.0996. The second-order valence-corrected chi connectivity index (χ2v) is 3.42. The first-order chi connectivity index (χ1) is 6.07. The van der Waals surface area contributed by atoms with Gasteiger partial charge < -0.3 is 5.73 Å². The molecule has 2 N–H and O–H groups in total. The summed E-state index contributed by atoms with van der Waals surface area (Å²) in [7, 11) is 0. The number of carbonyl (C=O) groups is 1. The van der Waals surface area contributed by atoms with E-state index in [1.165, 1.54) is 12.1 Å². The normalized spacial score (nSPS) is 9.31. The van der Waals surface area contributed by atoms with Crippen LogP contribution in [0.25, 0.3) is 0 Å². The number of carbonyl (C=O) groups excluding carboxylic acids is 1. The summed E-state index contributed by atoms with van der Waals surface area (Å²) in [6, 6.07) is 4.48. The largest absolute Gasteiger partial charge is 0.365 e. The molecule has 0 saturated carbocycles. The van der Waals surface area contributed by atoms with Gasteiger partial charge in [-0.1, -0.05) is 0 Å².